The molecule has 1 N–H and O–H groups in total. The number of nitrogens with one attached hydrogen (secondary N) is 1. The van der Waals surface area contributed by atoms with E-state index in [-0.39, 0.29) is 6.61 Å². The topological polar surface area (TPSA) is 133 Å². The van der Waals surface area contributed by atoms with Gasteiger partial charge in [-0.3, -0.25) is 19.2 Å². The lowest BCUT2D eigenvalue weighted by Gasteiger charge is -2.45. The van der Waals surface area contributed by atoms with Gasteiger partial charge in [-0.25, -0.2) is 0 Å². The van der Waals surface area contributed by atoms with Crippen molar-refractivity contribution < 1.29 is 42.9 Å². The molecule has 2 fully saturated rings. The number of esters is 4. The second-order valence-electron chi connectivity index (χ2n) is 8.88. The zero-order valence-corrected chi connectivity index (χ0v) is 22.6. The Morgan fingerprint density at radius 1 is 0.842 bits per heavy atom. The maximum absolute atomic E-state index is 12.0. The molecular formula is C25H33N3O9S. The molecule has 0 aliphatic carbocycles. The third-order valence-electron chi connectivity index (χ3n) is 5.94. The predicted molar refractivity (Wildman–Crippen MR) is 138 cm³/mol. The normalized spacial score (nSPS) is 25.1. The van der Waals surface area contributed by atoms with E-state index in [9.17, 15) is 19.2 Å². The average Bonchev–Trinajstić information content (AvgIpc) is 2.86. The van der Waals surface area contributed by atoms with Gasteiger partial charge in [-0.05, 0) is 24.4 Å². The average molecular weight is 552 g/mol. The van der Waals surface area contributed by atoms with Gasteiger partial charge in [0.2, 0.25) is 0 Å². The van der Waals surface area contributed by atoms with Gasteiger partial charge in [0.1, 0.15) is 12.7 Å². The van der Waals surface area contributed by atoms with Crippen LogP contribution in [0.2, 0.25) is 0 Å². The quantitative estimate of drug-likeness (QED) is 0.291. The molecule has 5 atom stereocenters. The summed E-state index contributed by atoms with van der Waals surface area (Å²) in [7, 11) is 0. The van der Waals surface area contributed by atoms with Crippen LogP contribution in [0.1, 0.15) is 27.7 Å². The molecule has 0 radical (unpaired) electrons. The predicted octanol–water partition coefficient (Wildman–Crippen LogP) is 0.766. The highest BCUT2D eigenvalue weighted by Gasteiger charge is 2.52. The van der Waals surface area contributed by atoms with Crippen molar-refractivity contribution in [3.05, 3.63) is 30.3 Å². The van der Waals surface area contributed by atoms with Crippen LogP contribution in [0.15, 0.2) is 30.3 Å². The van der Waals surface area contributed by atoms with Crippen molar-refractivity contribution in [2.45, 2.75) is 58.3 Å². The molecule has 0 saturated carbocycles. The highest BCUT2D eigenvalue weighted by Crippen LogP contribution is 2.28. The monoisotopic (exact) mass is 551 g/mol. The number of para-hydroxylation sites is 1. The smallest absolute Gasteiger partial charge is 0.303 e. The number of nitrogens with zero attached hydrogens (tertiary/aromatic N) is 2. The molecule has 2 heterocycles. The van der Waals surface area contributed by atoms with Crippen LogP contribution in [0.4, 0.5) is 5.69 Å². The lowest BCUT2D eigenvalue weighted by atomic mass is 9.97. The number of carbonyl (C=O) groups is 4. The van der Waals surface area contributed by atoms with Crippen molar-refractivity contribution in [1.82, 2.24) is 10.2 Å². The van der Waals surface area contributed by atoms with E-state index < -0.39 is 54.5 Å². The summed E-state index contributed by atoms with van der Waals surface area (Å²) >= 11 is 5.64. The highest BCUT2D eigenvalue weighted by molar-refractivity contribution is 7.80. The fourth-order valence-electron chi connectivity index (χ4n) is 4.36. The summed E-state index contributed by atoms with van der Waals surface area (Å²) in [5.74, 6) is -2.65. The van der Waals surface area contributed by atoms with Gasteiger partial charge in [-0.2, -0.15) is 0 Å². The van der Waals surface area contributed by atoms with E-state index in [0.717, 1.165) is 18.8 Å². The first-order valence-corrected chi connectivity index (χ1v) is 12.6. The van der Waals surface area contributed by atoms with Gasteiger partial charge in [-0.1, -0.05) is 18.2 Å². The van der Waals surface area contributed by atoms with Crippen molar-refractivity contribution in [3.63, 3.8) is 0 Å². The van der Waals surface area contributed by atoms with Gasteiger partial charge in [0.25, 0.3) is 0 Å². The number of thiocarbonyl (C=S) groups is 1. The Bertz CT molecular complexity index is 1020. The second kappa shape index (κ2) is 13.4. The molecule has 208 valence electrons. The van der Waals surface area contributed by atoms with Gasteiger partial charge in [0.05, 0.1) is 0 Å². The molecular weight excluding hydrogens is 518 g/mol. The van der Waals surface area contributed by atoms with Gasteiger partial charge in [0.15, 0.2) is 29.7 Å². The summed E-state index contributed by atoms with van der Waals surface area (Å²) in [5.41, 5.74) is 1.12. The maximum Gasteiger partial charge on any atom is 0.303 e. The molecule has 2 saturated heterocycles. The Morgan fingerprint density at radius 2 is 1.39 bits per heavy atom. The van der Waals surface area contributed by atoms with Crippen LogP contribution in [0.5, 0.6) is 0 Å². The van der Waals surface area contributed by atoms with Crippen LogP contribution in [0.25, 0.3) is 0 Å². The summed E-state index contributed by atoms with van der Waals surface area (Å²) < 4.78 is 27.5. The molecule has 2 aliphatic heterocycles. The molecule has 1 aromatic carbocycles. The molecule has 0 amide bonds. The molecule has 38 heavy (non-hydrogen) atoms. The Balaban J connectivity index is 1.79. The summed E-state index contributed by atoms with van der Waals surface area (Å²) in [4.78, 5) is 51.5. The zero-order chi connectivity index (χ0) is 27.8. The zero-order valence-electron chi connectivity index (χ0n) is 21.8. The fourth-order valence-corrected chi connectivity index (χ4v) is 4.66. The van der Waals surface area contributed by atoms with Gasteiger partial charge in [0, 0.05) is 59.6 Å². The van der Waals surface area contributed by atoms with Crippen LogP contribution < -0.4 is 10.2 Å². The third kappa shape index (κ3) is 8.02. The van der Waals surface area contributed by atoms with Crippen LogP contribution in [-0.2, 0) is 42.9 Å². The first-order chi connectivity index (χ1) is 18.0. The number of piperazine rings is 1. The molecule has 3 rings (SSSR count). The van der Waals surface area contributed by atoms with Crippen LogP contribution >= 0.6 is 12.2 Å². The molecule has 12 nitrogen and oxygen atoms in total. The number of carbonyl (C=O) groups excluding carboxylic acids is 4. The molecule has 1 aromatic rings. The van der Waals surface area contributed by atoms with Crippen LogP contribution in [0, 0.1) is 0 Å². The van der Waals surface area contributed by atoms with Crippen molar-refractivity contribution in [2.24, 2.45) is 0 Å². The van der Waals surface area contributed by atoms with Crippen molar-refractivity contribution in [3.8, 4) is 0 Å². The number of anilines is 1. The molecule has 13 heteroatoms. The number of hydrogen-bond donors (Lipinski definition) is 1. The van der Waals surface area contributed by atoms with Crippen molar-refractivity contribution in [2.75, 3.05) is 37.7 Å². The van der Waals surface area contributed by atoms with Crippen LogP contribution in [-0.4, -0.2) is 97.3 Å². The minimum absolute atomic E-state index is 0.307. The molecule has 2 aliphatic rings. The lowest BCUT2D eigenvalue weighted by molar-refractivity contribution is -0.255. The number of hydrogen-bond acceptors (Lipinski definition) is 11. The number of rotatable bonds is 7. The van der Waals surface area contributed by atoms with Gasteiger partial charge in [-0.15, -0.1) is 0 Å². The SMILES string of the molecule is CC(=O)OC[C@@H]1O[C@H](NC(=S)N2CCN(c3ccccc3)CC2)[C@H](OC(C)=O)[C@H](OC(C)=O)[C@H]1OC(C)=O. The first kappa shape index (κ1) is 29.1. The lowest BCUT2D eigenvalue weighted by Crippen LogP contribution is -2.67. The fraction of sp³-hybridized carbons (Fsp3) is 0.560. The largest absolute Gasteiger partial charge is 0.463 e. The van der Waals surface area contributed by atoms with E-state index in [1.807, 2.05) is 35.2 Å². The Kier molecular flexibility index (Phi) is 10.2. The minimum atomic E-state index is -1.26. The summed E-state index contributed by atoms with van der Waals surface area (Å²) in [6, 6.07) is 10.0. The van der Waals surface area contributed by atoms with E-state index in [2.05, 4.69) is 10.2 Å². The summed E-state index contributed by atoms with van der Waals surface area (Å²) in [6.07, 6.45) is -5.85. The molecule has 0 bridgehead atoms. The van der Waals surface area contributed by atoms with E-state index in [0.29, 0.717) is 18.2 Å². The van der Waals surface area contributed by atoms with E-state index in [1.165, 1.54) is 27.7 Å². The second-order valence-corrected chi connectivity index (χ2v) is 9.27. The molecule has 0 unspecified atom stereocenters. The number of benzene rings is 1. The van der Waals surface area contributed by atoms with E-state index in [1.54, 1.807) is 0 Å². The third-order valence-corrected chi connectivity index (χ3v) is 6.32. The minimum Gasteiger partial charge on any atom is -0.463 e. The van der Waals surface area contributed by atoms with Crippen LogP contribution in [0.3, 0.4) is 0 Å². The Morgan fingerprint density at radius 3 is 1.95 bits per heavy atom. The van der Waals surface area contributed by atoms with Gasteiger partial charge < -0.3 is 38.8 Å². The van der Waals surface area contributed by atoms with Crippen molar-refractivity contribution >= 4 is 46.9 Å². The van der Waals surface area contributed by atoms with Gasteiger partial charge >= 0.3 is 23.9 Å². The summed E-state index contributed by atoms with van der Waals surface area (Å²) in [5, 5.41) is 3.39. The van der Waals surface area contributed by atoms with E-state index in [4.69, 9.17) is 35.9 Å². The maximum atomic E-state index is 12.0. The molecule has 0 aromatic heterocycles. The Hall–Kier alpha value is -3.45. The highest BCUT2D eigenvalue weighted by atomic mass is 32.1. The molecule has 0 spiro atoms. The summed E-state index contributed by atoms with van der Waals surface area (Å²) in [6.45, 7) is 7.13. The number of ether oxygens (including phenoxy) is 5. The Labute approximate surface area is 226 Å². The standard InChI is InChI=1S/C25H33N3O9S/c1-15(29)33-14-20-21(34-16(2)30)22(35-17(3)31)23(36-18(4)32)24(37-20)26-25(38)28-12-10-27(11-13-28)19-8-6-5-7-9-19/h5-9,20-24H,10-14H2,1-4H3,(H,26,38)/t20-,21-,22+,23+,24-/m0/s1. The van der Waals surface area contributed by atoms with E-state index >= 15 is 0 Å². The van der Waals surface area contributed by atoms with Crippen molar-refractivity contribution in [1.29, 1.82) is 0 Å². The first-order valence-electron chi connectivity index (χ1n) is 12.2.